The number of carbonyl (C=O) groups is 1. The maximum absolute atomic E-state index is 12.8. The summed E-state index contributed by atoms with van der Waals surface area (Å²) in [6, 6.07) is 15.1. The SMILES string of the molecule is CC(C)Cc1ccc(C(NC(=O)c2cccc(CS(C)(=O)=O)c2)C(C)C)cc1. The van der Waals surface area contributed by atoms with Gasteiger partial charge in [-0.25, -0.2) is 8.42 Å². The van der Waals surface area contributed by atoms with Crippen LogP contribution >= 0.6 is 0 Å². The number of amides is 1. The van der Waals surface area contributed by atoms with Gasteiger partial charge in [0.05, 0.1) is 11.8 Å². The third-order valence-corrected chi connectivity index (χ3v) is 5.41. The Labute approximate surface area is 169 Å². The van der Waals surface area contributed by atoms with E-state index in [0.29, 0.717) is 17.0 Å². The molecule has 0 heterocycles. The van der Waals surface area contributed by atoms with Crippen molar-refractivity contribution in [3.63, 3.8) is 0 Å². The summed E-state index contributed by atoms with van der Waals surface area (Å²) in [5, 5.41) is 3.11. The van der Waals surface area contributed by atoms with E-state index in [9.17, 15) is 13.2 Å². The Hall–Kier alpha value is -2.14. The first-order valence-electron chi connectivity index (χ1n) is 9.71. The molecule has 0 saturated heterocycles. The molecule has 0 aliphatic rings. The van der Waals surface area contributed by atoms with Gasteiger partial charge in [0.15, 0.2) is 9.84 Å². The summed E-state index contributed by atoms with van der Waals surface area (Å²) in [6.45, 7) is 8.55. The fraction of sp³-hybridized carbons (Fsp3) is 0.435. The molecule has 2 aromatic rings. The van der Waals surface area contributed by atoms with E-state index in [1.165, 1.54) is 11.8 Å². The minimum absolute atomic E-state index is 0.0704. The molecule has 4 nitrogen and oxygen atoms in total. The second-order valence-corrected chi connectivity index (χ2v) is 10.4. The van der Waals surface area contributed by atoms with Crippen LogP contribution in [0, 0.1) is 11.8 Å². The van der Waals surface area contributed by atoms with E-state index in [-0.39, 0.29) is 23.6 Å². The Morgan fingerprint density at radius 1 is 0.964 bits per heavy atom. The molecule has 28 heavy (non-hydrogen) atoms. The normalized spacial score (nSPS) is 13.0. The number of nitrogens with one attached hydrogen (secondary N) is 1. The highest BCUT2D eigenvalue weighted by atomic mass is 32.2. The molecule has 1 unspecified atom stereocenters. The predicted molar refractivity (Wildman–Crippen MR) is 115 cm³/mol. The fourth-order valence-electron chi connectivity index (χ4n) is 3.30. The van der Waals surface area contributed by atoms with Gasteiger partial charge < -0.3 is 5.32 Å². The number of hydrogen-bond donors (Lipinski definition) is 1. The van der Waals surface area contributed by atoms with Gasteiger partial charge in [-0.2, -0.15) is 0 Å². The second kappa shape index (κ2) is 9.37. The molecular formula is C23H31NO3S. The van der Waals surface area contributed by atoms with Crippen molar-refractivity contribution in [2.75, 3.05) is 6.26 Å². The standard InChI is InChI=1S/C23H31NO3S/c1-16(2)13-18-9-11-20(12-10-18)22(17(3)4)24-23(25)21-8-6-7-19(14-21)15-28(5,26)27/h6-12,14,16-17,22H,13,15H2,1-5H3,(H,24,25). The van der Waals surface area contributed by atoms with E-state index in [1.807, 2.05) is 0 Å². The highest BCUT2D eigenvalue weighted by Crippen LogP contribution is 2.23. The number of sulfone groups is 1. The average molecular weight is 402 g/mol. The Morgan fingerprint density at radius 2 is 1.61 bits per heavy atom. The number of carbonyl (C=O) groups excluding carboxylic acids is 1. The maximum Gasteiger partial charge on any atom is 0.251 e. The molecule has 2 rings (SSSR count). The predicted octanol–water partition coefficient (Wildman–Crippen LogP) is 4.56. The molecule has 1 amide bonds. The molecule has 0 aromatic heterocycles. The quantitative estimate of drug-likeness (QED) is 0.705. The molecule has 2 aromatic carbocycles. The minimum Gasteiger partial charge on any atom is -0.345 e. The molecule has 0 saturated carbocycles. The van der Waals surface area contributed by atoms with Crippen LogP contribution in [0.5, 0.6) is 0 Å². The van der Waals surface area contributed by atoms with Crippen LogP contribution in [0.3, 0.4) is 0 Å². The van der Waals surface area contributed by atoms with Crippen LogP contribution in [-0.2, 0) is 22.0 Å². The average Bonchev–Trinajstić information content (AvgIpc) is 2.58. The van der Waals surface area contributed by atoms with Gasteiger partial charge in [0, 0.05) is 11.8 Å². The Bertz CT molecular complexity index is 900. The molecular weight excluding hydrogens is 370 g/mol. The minimum atomic E-state index is -3.14. The van der Waals surface area contributed by atoms with Crippen molar-refractivity contribution < 1.29 is 13.2 Å². The first-order chi connectivity index (χ1) is 13.0. The molecule has 0 spiro atoms. The monoisotopic (exact) mass is 401 g/mol. The van der Waals surface area contributed by atoms with E-state index in [4.69, 9.17) is 0 Å². The molecule has 152 valence electrons. The van der Waals surface area contributed by atoms with Crippen LogP contribution in [-0.4, -0.2) is 20.6 Å². The van der Waals surface area contributed by atoms with E-state index in [0.717, 1.165) is 12.0 Å². The summed E-state index contributed by atoms with van der Waals surface area (Å²) in [5.74, 6) is 0.559. The maximum atomic E-state index is 12.8. The van der Waals surface area contributed by atoms with Crippen molar-refractivity contribution in [3.8, 4) is 0 Å². The summed E-state index contributed by atoms with van der Waals surface area (Å²) >= 11 is 0. The van der Waals surface area contributed by atoms with Gasteiger partial charge in [0.2, 0.25) is 0 Å². The summed E-state index contributed by atoms with van der Waals surface area (Å²) in [6.07, 6.45) is 2.23. The van der Waals surface area contributed by atoms with E-state index in [1.54, 1.807) is 24.3 Å². The Balaban J connectivity index is 2.18. The van der Waals surface area contributed by atoms with E-state index >= 15 is 0 Å². The third-order valence-electron chi connectivity index (χ3n) is 4.55. The van der Waals surface area contributed by atoms with Crippen molar-refractivity contribution in [2.45, 2.75) is 45.9 Å². The van der Waals surface area contributed by atoms with Gasteiger partial charge in [-0.1, -0.05) is 64.1 Å². The number of hydrogen-bond acceptors (Lipinski definition) is 3. The van der Waals surface area contributed by atoms with Gasteiger partial charge >= 0.3 is 0 Å². The summed E-state index contributed by atoms with van der Waals surface area (Å²) in [5.41, 5.74) is 3.46. The molecule has 0 fully saturated rings. The molecule has 0 aliphatic carbocycles. The van der Waals surface area contributed by atoms with Crippen LogP contribution in [0.25, 0.3) is 0 Å². The van der Waals surface area contributed by atoms with Crippen molar-refractivity contribution in [1.29, 1.82) is 0 Å². The lowest BCUT2D eigenvalue weighted by Crippen LogP contribution is -2.31. The zero-order chi connectivity index (χ0) is 20.9. The zero-order valence-electron chi connectivity index (χ0n) is 17.4. The van der Waals surface area contributed by atoms with Gasteiger partial charge in [-0.3, -0.25) is 4.79 Å². The van der Waals surface area contributed by atoms with Crippen molar-refractivity contribution >= 4 is 15.7 Å². The van der Waals surface area contributed by atoms with E-state index in [2.05, 4.69) is 57.3 Å². The highest BCUT2D eigenvalue weighted by Gasteiger charge is 2.19. The fourth-order valence-corrected chi connectivity index (χ4v) is 4.08. The lowest BCUT2D eigenvalue weighted by Gasteiger charge is -2.23. The Morgan fingerprint density at radius 3 is 2.14 bits per heavy atom. The molecule has 1 N–H and O–H groups in total. The van der Waals surface area contributed by atoms with Crippen molar-refractivity contribution in [3.05, 3.63) is 70.8 Å². The van der Waals surface area contributed by atoms with Crippen LogP contribution in [0.4, 0.5) is 0 Å². The molecule has 5 heteroatoms. The van der Waals surface area contributed by atoms with Crippen molar-refractivity contribution in [1.82, 2.24) is 5.32 Å². The number of benzene rings is 2. The summed E-state index contributed by atoms with van der Waals surface area (Å²) < 4.78 is 23.1. The first kappa shape index (κ1) is 22.2. The molecule has 0 aliphatic heterocycles. The number of rotatable bonds is 8. The molecule has 0 radical (unpaired) electrons. The van der Waals surface area contributed by atoms with Crippen LogP contribution in [0.2, 0.25) is 0 Å². The topological polar surface area (TPSA) is 63.2 Å². The third kappa shape index (κ3) is 6.79. The smallest absolute Gasteiger partial charge is 0.251 e. The zero-order valence-corrected chi connectivity index (χ0v) is 18.2. The van der Waals surface area contributed by atoms with Gasteiger partial charge in [0.1, 0.15) is 0 Å². The second-order valence-electron chi connectivity index (χ2n) is 8.31. The van der Waals surface area contributed by atoms with Crippen LogP contribution in [0.1, 0.15) is 60.8 Å². The van der Waals surface area contributed by atoms with Gasteiger partial charge in [-0.15, -0.1) is 0 Å². The summed E-state index contributed by atoms with van der Waals surface area (Å²) in [4.78, 5) is 12.8. The first-order valence-corrected chi connectivity index (χ1v) is 11.8. The van der Waals surface area contributed by atoms with Crippen LogP contribution in [0.15, 0.2) is 48.5 Å². The van der Waals surface area contributed by atoms with Gasteiger partial charge in [-0.05, 0) is 47.1 Å². The van der Waals surface area contributed by atoms with Gasteiger partial charge in [0.25, 0.3) is 5.91 Å². The molecule has 1 atom stereocenters. The molecule has 0 bridgehead atoms. The largest absolute Gasteiger partial charge is 0.345 e. The summed E-state index contributed by atoms with van der Waals surface area (Å²) in [7, 11) is -3.14. The van der Waals surface area contributed by atoms with Crippen LogP contribution < -0.4 is 5.32 Å². The Kier molecular flexibility index (Phi) is 7.41. The highest BCUT2D eigenvalue weighted by molar-refractivity contribution is 7.89. The lowest BCUT2D eigenvalue weighted by molar-refractivity contribution is 0.0925. The van der Waals surface area contributed by atoms with E-state index < -0.39 is 9.84 Å². The lowest BCUT2D eigenvalue weighted by atomic mass is 9.93. The van der Waals surface area contributed by atoms with Crippen molar-refractivity contribution in [2.24, 2.45) is 11.8 Å².